The van der Waals surface area contributed by atoms with E-state index in [1.54, 1.807) is 12.3 Å². The van der Waals surface area contributed by atoms with Gasteiger partial charge >= 0.3 is 0 Å². The molecule has 2 rings (SSSR count). The minimum absolute atomic E-state index is 0.183. The van der Waals surface area contributed by atoms with Gasteiger partial charge in [0.05, 0.1) is 0 Å². The van der Waals surface area contributed by atoms with Crippen molar-refractivity contribution < 1.29 is 4.74 Å². The molecule has 16 heavy (non-hydrogen) atoms. The second-order valence-corrected chi connectivity index (χ2v) is 3.87. The average molecular weight is 235 g/mol. The summed E-state index contributed by atoms with van der Waals surface area (Å²) in [5.41, 5.74) is 2.20. The van der Waals surface area contributed by atoms with Crippen LogP contribution in [-0.4, -0.2) is 9.97 Å². The van der Waals surface area contributed by atoms with Crippen LogP contribution < -0.4 is 4.74 Å². The van der Waals surface area contributed by atoms with E-state index < -0.39 is 0 Å². The fourth-order valence-corrected chi connectivity index (χ4v) is 1.45. The number of halogens is 1. The maximum absolute atomic E-state index is 5.68. The van der Waals surface area contributed by atoms with E-state index in [0.717, 1.165) is 16.9 Å². The molecule has 4 heteroatoms. The Labute approximate surface area is 99.1 Å². The molecule has 1 aromatic heterocycles. The number of benzene rings is 1. The Morgan fingerprint density at radius 2 is 2.00 bits per heavy atom. The zero-order valence-electron chi connectivity index (χ0n) is 9.07. The second-order valence-electron chi connectivity index (χ2n) is 3.53. The van der Waals surface area contributed by atoms with Crippen molar-refractivity contribution in [1.82, 2.24) is 9.97 Å². The smallest absolute Gasteiger partial charge is 0.225 e. The lowest BCUT2D eigenvalue weighted by Crippen LogP contribution is -1.92. The van der Waals surface area contributed by atoms with Crippen molar-refractivity contribution >= 4 is 11.6 Å². The summed E-state index contributed by atoms with van der Waals surface area (Å²) in [6.07, 6.45) is 1.57. The zero-order chi connectivity index (χ0) is 11.5. The number of ether oxygens (including phenoxy) is 1. The molecule has 0 aliphatic rings. The third kappa shape index (κ3) is 2.49. The number of hydrogen-bond donors (Lipinski definition) is 0. The Morgan fingerprint density at radius 1 is 1.19 bits per heavy atom. The van der Waals surface area contributed by atoms with Gasteiger partial charge in [0.15, 0.2) is 0 Å². The van der Waals surface area contributed by atoms with Crippen LogP contribution in [0, 0.1) is 13.8 Å². The predicted molar refractivity (Wildman–Crippen MR) is 63.0 cm³/mol. The molecule has 0 spiro atoms. The van der Waals surface area contributed by atoms with Gasteiger partial charge in [-0.1, -0.05) is 12.1 Å². The predicted octanol–water partition coefficient (Wildman–Crippen LogP) is 3.54. The Bertz CT molecular complexity index is 514. The van der Waals surface area contributed by atoms with Crippen molar-refractivity contribution in [3.05, 3.63) is 46.9 Å². The monoisotopic (exact) mass is 234 g/mol. The molecule has 0 fully saturated rings. The third-order valence-corrected chi connectivity index (χ3v) is 2.34. The van der Waals surface area contributed by atoms with Crippen LogP contribution in [0.5, 0.6) is 11.6 Å². The molecule has 0 bridgehead atoms. The van der Waals surface area contributed by atoms with Crippen molar-refractivity contribution in [3.63, 3.8) is 0 Å². The first kappa shape index (κ1) is 10.9. The van der Waals surface area contributed by atoms with Crippen molar-refractivity contribution in [3.8, 4) is 11.6 Å². The van der Waals surface area contributed by atoms with E-state index >= 15 is 0 Å². The molecule has 1 heterocycles. The van der Waals surface area contributed by atoms with Gasteiger partial charge < -0.3 is 4.74 Å². The van der Waals surface area contributed by atoms with Gasteiger partial charge in [-0.3, -0.25) is 0 Å². The number of aromatic nitrogens is 2. The summed E-state index contributed by atoms with van der Waals surface area (Å²) < 4.78 is 5.64. The SMILES string of the molecule is Cc1ccc(C)c(Oc2ccnc(Cl)n2)c1. The van der Waals surface area contributed by atoms with E-state index in [1.165, 1.54) is 0 Å². The van der Waals surface area contributed by atoms with Gasteiger partial charge in [0.25, 0.3) is 0 Å². The number of hydrogen-bond acceptors (Lipinski definition) is 3. The van der Waals surface area contributed by atoms with Crippen LogP contribution in [0.3, 0.4) is 0 Å². The van der Waals surface area contributed by atoms with E-state index in [-0.39, 0.29) is 5.28 Å². The van der Waals surface area contributed by atoms with Crippen LogP contribution in [0.25, 0.3) is 0 Å². The van der Waals surface area contributed by atoms with Crippen molar-refractivity contribution in [1.29, 1.82) is 0 Å². The summed E-state index contributed by atoms with van der Waals surface area (Å²) in [5.74, 6) is 1.24. The topological polar surface area (TPSA) is 35.0 Å². The minimum atomic E-state index is 0.183. The van der Waals surface area contributed by atoms with Crippen LogP contribution in [-0.2, 0) is 0 Å². The summed E-state index contributed by atoms with van der Waals surface area (Å²) in [5, 5.41) is 0.183. The van der Waals surface area contributed by atoms with Gasteiger partial charge in [0.2, 0.25) is 11.2 Å². The van der Waals surface area contributed by atoms with Crippen LogP contribution in [0.15, 0.2) is 30.5 Å². The first-order chi connectivity index (χ1) is 7.65. The van der Waals surface area contributed by atoms with Gasteiger partial charge in [-0.2, -0.15) is 4.98 Å². The van der Waals surface area contributed by atoms with Crippen molar-refractivity contribution in [2.75, 3.05) is 0 Å². The molecular formula is C12H11ClN2O. The highest BCUT2D eigenvalue weighted by molar-refractivity contribution is 6.28. The number of aryl methyl sites for hydroxylation is 2. The zero-order valence-corrected chi connectivity index (χ0v) is 9.82. The highest BCUT2D eigenvalue weighted by Crippen LogP contribution is 2.24. The van der Waals surface area contributed by atoms with E-state index in [0.29, 0.717) is 5.88 Å². The minimum Gasteiger partial charge on any atom is -0.439 e. The van der Waals surface area contributed by atoms with Gasteiger partial charge in [-0.15, -0.1) is 0 Å². The Balaban J connectivity index is 2.30. The molecule has 0 aliphatic carbocycles. The summed E-state index contributed by atoms with van der Waals surface area (Å²) in [7, 11) is 0. The molecular weight excluding hydrogens is 224 g/mol. The standard InChI is InChI=1S/C12H11ClN2O/c1-8-3-4-9(2)10(7-8)16-11-5-6-14-12(13)15-11/h3-7H,1-2H3. The molecule has 0 saturated carbocycles. The fourth-order valence-electron chi connectivity index (χ4n) is 1.31. The van der Waals surface area contributed by atoms with Crippen LogP contribution in [0.2, 0.25) is 5.28 Å². The molecule has 3 nitrogen and oxygen atoms in total. The summed E-state index contributed by atoms with van der Waals surface area (Å²) >= 11 is 5.68. The molecule has 2 aromatic rings. The summed E-state index contributed by atoms with van der Waals surface area (Å²) in [4.78, 5) is 7.77. The van der Waals surface area contributed by atoms with Crippen molar-refractivity contribution in [2.45, 2.75) is 13.8 Å². The quantitative estimate of drug-likeness (QED) is 0.746. The highest BCUT2D eigenvalue weighted by Gasteiger charge is 2.03. The van der Waals surface area contributed by atoms with Crippen LogP contribution in [0.4, 0.5) is 0 Å². The largest absolute Gasteiger partial charge is 0.439 e. The van der Waals surface area contributed by atoms with Gasteiger partial charge in [0.1, 0.15) is 5.75 Å². The molecule has 0 unspecified atom stereocenters. The molecule has 1 aromatic carbocycles. The Hall–Kier alpha value is -1.61. The van der Waals surface area contributed by atoms with E-state index in [2.05, 4.69) is 9.97 Å². The average Bonchev–Trinajstić information content (AvgIpc) is 2.24. The number of nitrogens with zero attached hydrogens (tertiary/aromatic N) is 2. The second kappa shape index (κ2) is 4.49. The lowest BCUT2D eigenvalue weighted by atomic mass is 10.1. The van der Waals surface area contributed by atoms with Gasteiger partial charge in [-0.25, -0.2) is 4.98 Å². The molecule has 82 valence electrons. The van der Waals surface area contributed by atoms with Crippen molar-refractivity contribution in [2.24, 2.45) is 0 Å². The Kier molecular flexibility index (Phi) is 3.06. The van der Waals surface area contributed by atoms with E-state index in [1.807, 2.05) is 32.0 Å². The molecule has 0 amide bonds. The third-order valence-electron chi connectivity index (χ3n) is 2.16. The first-order valence-electron chi connectivity index (χ1n) is 4.89. The maximum Gasteiger partial charge on any atom is 0.225 e. The molecule has 0 radical (unpaired) electrons. The van der Waals surface area contributed by atoms with Gasteiger partial charge in [0, 0.05) is 12.3 Å². The first-order valence-corrected chi connectivity index (χ1v) is 5.26. The van der Waals surface area contributed by atoms with Crippen LogP contribution in [0.1, 0.15) is 11.1 Å². The molecule has 0 aliphatic heterocycles. The molecule has 0 N–H and O–H groups in total. The highest BCUT2D eigenvalue weighted by atomic mass is 35.5. The fraction of sp³-hybridized carbons (Fsp3) is 0.167. The van der Waals surface area contributed by atoms with E-state index in [9.17, 15) is 0 Å². The summed E-state index contributed by atoms with van der Waals surface area (Å²) in [6.45, 7) is 4.00. The lowest BCUT2D eigenvalue weighted by Gasteiger charge is -2.08. The Morgan fingerprint density at radius 3 is 2.75 bits per heavy atom. The van der Waals surface area contributed by atoms with Gasteiger partial charge in [-0.05, 0) is 42.6 Å². The molecule has 0 atom stereocenters. The molecule has 0 saturated heterocycles. The lowest BCUT2D eigenvalue weighted by molar-refractivity contribution is 0.458. The number of rotatable bonds is 2. The van der Waals surface area contributed by atoms with Crippen LogP contribution >= 0.6 is 11.6 Å². The summed E-state index contributed by atoms with van der Waals surface area (Å²) in [6, 6.07) is 7.68. The van der Waals surface area contributed by atoms with E-state index in [4.69, 9.17) is 16.3 Å². The maximum atomic E-state index is 5.68. The normalized spacial score (nSPS) is 10.2.